The summed E-state index contributed by atoms with van der Waals surface area (Å²) in [6, 6.07) is 11.5. The molecule has 1 fully saturated rings. The Bertz CT molecular complexity index is 1360. The fourth-order valence-electron chi connectivity index (χ4n) is 4.06. The number of nitrogens with one attached hydrogen (secondary N) is 4. The molecule has 186 valence electrons. The molecule has 1 aromatic heterocycles. The van der Waals surface area contributed by atoms with Crippen molar-refractivity contribution in [3.63, 3.8) is 0 Å². The zero-order valence-corrected chi connectivity index (χ0v) is 20.0. The van der Waals surface area contributed by atoms with Crippen molar-refractivity contribution in [3.8, 4) is 6.07 Å². The zero-order chi connectivity index (χ0) is 25.4. The lowest BCUT2D eigenvalue weighted by Crippen LogP contribution is -2.38. The van der Waals surface area contributed by atoms with E-state index in [-0.39, 0.29) is 22.1 Å². The van der Waals surface area contributed by atoms with Crippen LogP contribution in [0.25, 0.3) is 10.9 Å². The maximum atomic E-state index is 13.6. The van der Waals surface area contributed by atoms with Gasteiger partial charge in [-0.15, -0.1) is 5.53 Å². The molecule has 4 N–H and O–H groups in total. The van der Waals surface area contributed by atoms with E-state index < -0.39 is 18.5 Å². The van der Waals surface area contributed by atoms with Crippen LogP contribution in [0.2, 0.25) is 5.02 Å². The number of pyridine rings is 1. The van der Waals surface area contributed by atoms with Crippen LogP contribution in [0.15, 0.2) is 54.5 Å². The minimum Gasteiger partial charge on any atom is -0.377 e. The summed E-state index contributed by atoms with van der Waals surface area (Å²) in [6.45, 7) is 0.137. The fourth-order valence-corrected chi connectivity index (χ4v) is 4.33. The second-order valence-electron chi connectivity index (χ2n) is 9.03. The van der Waals surface area contributed by atoms with Gasteiger partial charge in [0.15, 0.2) is 0 Å². The van der Waals surface area contributed by atoms with Gasteiger partial charge in [0, 0.05) is 36.4 Å². The largest absolute Gasteiger partial charge is 0.377 e. The third kappa shape index (κ3) is 5.12. The summed E-state index contributed by atoms with van der Waals surface area (Å²) in [4.78, 5) is 4.27. The van der Waals surface area contributed by atoms with E-state index in [4.69, 9.17) is 11.6 Å². The number of halogens is 4. The monoisotopic (exact) mass is 513 g/mol. The van der Waals surface area contributed by atoms with Crippen molar-refractivity contribution >= 4 is 33.9 Å². The Hall–Kier alpha value is -3.68. The number of nitriles is 1. The smallest absolute Gasteiger partial charge is 0.262 e. The van der Waals surface area contributed by atoms with Gasteiger partial charge in [-0.05, 0) is 42.7 Å². The highest BCUT2D eigenvalue weighted by molar-refractivity contribution is 6.35. The topological polar surface area (TPSA) is 88.0 Å². The highest BCUT2D eigenvalue weighted by Gasteiger charge is 2.32. The summed E-state index contributed by atoms with van der Waals surface area (Å²) in [7, 11) is 0. The summed E-state index contributed by atoms with van der Waals surface area (Å²) >= 11 is 6.54. The van der Waals surface area contributed by atoms with Gasteiger partial charge in [-0.3, -0.25) is 9.99 Å². The van der Waals surface area contributed by atoms with Crippen LogP contribution in [0.4, 0.5) is 24.5 Å². The number of rotatable bonds is 8. The minimum atomic E-state index is -2.99. The van der Waals surface area contributed by atoms with Gasteiger partial charge in [-0.2, -0.15) is 5.26 Å². The van der Waals surface area contributed by atoms with Gasteiger partial charge < -0.3 is 16.1 Å². The maximum absolute atomic E-state index is 13.6. The van der Waals surface area contributed by atoms with E-state index in [1.807, 2.05) is 17.3 Å². The molecule has 0 spiro atoms. The molecule has 5 rings (SSSR count). The molecule has 0 saturated heterocycles. The molecule has 0 radical (unpaired) electrons. The van der Waals surface area contributed by atoms with Crippen LogP contribution in [0.5, 0.6) is 0 Å². The van der Waals surface area contributed by atoms with E-state index in [1.165, 1.54) is 18.3 Å². The standard InChI is InChI=1S/C25H23ClF3N7/c1-25(28,29)13-32-22-15(10-30)11-31-24-19(22)8-17(9-20(24)26)33-23(14-2-4-16(27)5-3-14)21-12-36(35-34-21)18-6-7-18/h2-5,8-9,11-12,18,23,33-35H,6-7,13H2,1H3,(H,31,32)/t23-/m0/s1. The predicted octanol–water partition coefficient (Wildman–Crippen LogP) is 5.45. The Labute approximate surface area is 210 Å². The summed E-state index contributed by atoms with van der Waals surface area (Å²) < 4.78 is 40.9. The van der Waals surface area contributed by atoms with E-state index >= 15 is 0 Å². The Balaban J connectivity index is 1.55. The molecule has 1 saturated carbocycles. The molecule has 1 aliphatic carbocycles. The van der Waals surface area contributed by atoms with Crippen LogP contribution < -0.4 is 21.6 Å². The van der Waals surface area contributed by atoms with Gasteiger partial charge in [-0.1, -0.05) is 23.7 Å². The average Bonchev–Trinajstić information content (AvgIpc) is 3.58. The zero-order valence-electron chi connectivity index (χ0n) is 19.2. The second kappa shape index (κ2) is 9.41. The Morgan fingerprint density at radius 1 is 1.28 bits per heavy atom. The molecule has 1 aliphatic heterocycles. The molecule has 2 heterocycles. The summed E-state index contributed by atoms with van der Waals surface area (Å²) in [5, 5.41) is 18.4. The van der Waals surface area contributed by atoms with Gasteiger partial charge in [0.25, 0.3) is 5.92 Å². The average molecular weight is 514 g/mol. The summed E-state index contributed by atoms with van der Waals surface area (Å²) in [5.41, 5.74) is 9.20. The first kappa shape index (κ1) is 24.0. The highest BCUT2D eigenvalue weighted by Crippen LogP contribution is 2.37. The summed E-state index contributed by atoms with van der Waals surface area (Å²) in [5.74, 6) is -3.34. The highest BCUT2D eigenvalue weighted by atomic mass is 35.5. The molecule has 2 aliphatic rings. The van der Waals surface area contributed by atoms with E-state index in [9.17, 15) is 18.4 Å². The summed E-state index contributed by atoms with van der Waals surface area (Å²) in [6.07, 6.45) is 5.46. The van der Waals surface area contributed by atoms with Crippen molar-refractivity contribution in [2.45, 2.75) is 37.8 Å². The van der Waals surface area contributed by atoms with Crippen molar-refractivity contribution in [1.82, 2.24) is 21.0 Å². The van der Waals surface area contributed by atoms with Crippen LogP contribution in [0.1, 0.15) is 36.9 Å². The van der Waals surface area contributed by atoms with Crippen LogP contribution >= 0.6 is 11.6 Å². The van der Waals surface area contributed by atoms with Crippen LogP contribution in [0.3, 0.4) is 0 Å². The third-order valence-corrected chi connectivity index (χ3v) is 6.28. The number of anilines is 2. The van der Waals surface area contributed by atoms with Crippen molar-refractivity contribution in [3.05, 3.63) is 76.5 Å². The maximum Gasteiger partial charge on any atom is 0.262 e. The third-order valence-electron chi connectivity index (χ3n) is 5.99. The number of nitrogens with zero attached hydrogens (tertiary/aromatic N) is 3. The predicted molar refractivity (Wildman–Crippen MR) is 133 cm³/mol. The number of aromatic nitrogens is 1. The van der Waals surface area contributed by atoms with Gasteiger partial charge in [0.2, 0.25) is 0 Å². The van der Waals surface area contributed by atoms with Gasteiger partial charge in [0.05, 0.1) is 40.1 Å². The van der Waals surface area contributed by atoms with E-state index in [2.05, 4.69) is 26.6 Å². The first-order valence-electron chi connectivity index (χ1n) is 11.4. The SMILES string of the molecule is CC(F)(F)CNc1c(C#N)cnc2c(Cl)cc(N[C@H](C3=CN(C4CC4)NN3)c3ccc(F)cc3)cc12. The molecule has 7 nitrogen and oxygen atoms in total. The number of hydrazine groups is 2. The molecule has 11 heteroatoms. The van der Waals surface area contributed by atoms with Gasteiger partial charge in [0.1, 0.15) is 11.9 Å². The van der Waals surface area contributed by atoms with Crippen LogP contribution in [0, 0.1) is 17.1 Å². The number of benzene rings is 2. The van der Waals surface area contributed by atoms with Gasteiger partial charge in [-0.25, -0.2) is 13.2 Å². The molecule has 2 aromatic carbocycles. The van der Waals surface area contributed by atoms with Crippen molar-refractivity contribution in [1.29, 1.82) is 5.26 Å². The normalized spacial score (nSPS) is 16.3. The first-order chi connectivity index (χ1) is 17.2. The molecular weight excluding hydrogens is 491 g/mol. The molecule has 0 bridgehead atoms. The number of hydrogen-bond acceptors (Lipinski definition) is 7. The van der Waals surface area contributed by atoms with E-state index in [0.29, 0.717) is 22.6 Å². The van der Waals surface area contributed by atoms with Gasteiger partial charge >= 0.3 is 0 Å². The van der Waals surface area contributed by atoms with Crippen LogP contribution in [-0.4, -0.2) is 28.5 Å². The molecule has 3 aromatic rings. The molecule has 36 heavy (non-hydrogen) atoms. The fraction of sp³-hybridized carbons (Fsp3) is 0.280. The lowest BCUT2D eigenvalue weighted by atomic mass is 10.0. The second-order valence-corrected chi connectivity index (χ2v) is 9.43. The van der Waals surface area contributed by atoms with Crippen molar-refractivity contribution in [2.24, 2.45) is 0 Å². The number of hydrogen-bond donors (Lipinski definition) is 4. The lowest BCUT2D eigenvalue weighted by Gasteiger charge is -2.22. The molecule has 0 unspecified atom stereocenters. The Kier molecular flexibility index (Phi) is 6.28. The van der Waals surface area contributed by atoms with E-state index in [0.717, 1.165) is 31.0 Å². The molecular formula is C25H23ClF3N7. The molecule has 1 atom stereocenters. The van der Waals surface area contributed by atoms with Crippen molar-refractivity contribution < 1.29 is 13.2 Å². The number of alkyl halides is 2. The van der Waals surface area contributed by atoms with Crippen LogP contribution in [-0.2, 0) is 0 Å². The quantitative estimate of drug-likeness (QED) is 0.318. The first-order valence-corrected chi connectivity index (χ1v) is 11.8. The Morgan fingerprint density at radius 3 is 2.69 bits per heavy atom. The minimum absolute atomic E-state index is 0.125. The number of fused-ring (bicyclic) bond motifs is 1. The lowest BCUT2D eigenvalue weighted by molar-refractivity contribution is 0.0368. The van der Waals surface area contributed by atoms with Crippen molar-refractivity contribution in [2.75, 3.05) is 17.2 Å². The Morgan fingerprint density at radius 2 is 2.03 bits per heavy atom. The van der Waals surface area contributed by atoms with E-state index in [1.54, 1.807) is 24.3 Å². The molecule has 0 amide bonds.